The largest absolute Gasteiger partial charge is 0.371 e. The van der Waals surface area contributed by atoms with E-state index in [1.54, 1.807) is 0 Å². The number of fused-ring (bicyclic) bond motifs is 1. The number of amidine groups is 1. The third-order valence-electron chi connectivity index (χ3n) is 4.77. The van der Waals surface area contributed by atoms with Crippen molar-refractivity contribution < 1.29 is 0 Å². The highest BCUT2D eigenvalue weighted by molar-refractivity contribution is 7.99. The molecule has 0 bridgehead atoms. The van der Waals surface area contributed by atoms with E-state index >= 15 is 0 Å². The summed E-state index contributed by atoms with van der Waals surface area (Å²) in [5, 5.41) is 5.10. The second-order valence-corrected chi connectivity index (χ2v) is 8.59. The van der Waals surface area contributed by atoms with E-state index in [0.29, 0.717) is 11.6 Å². The van der Waals surface area contributed by atoms with Crippen LogP contribution in [0.4, 0.5) is 11.4 Å². The zero-order chi connectivity index (χ0) is 18.0. The molecule has 2 aliphatic rings. The van der Waals surface area contributed by atoms with E-state index in [2.05, 4.69) is 16.2 Å². The molecule has 0 atom stereocenters. The molecule has 3 N–H and O–H groups in total. The molecule has 1 spiro atoms. The molecule has 2 aromatic carbocycles. The Hall–Kier alpha value is -1.40. The Morgan fingerprint density at radius 3 is 2.73 bits per heavy atom. The van der Waals surface area contributed by atoms with Gasteiger partial charge >= 0.3 is 0 Å². The summed E-state index contributed by atoms with van der Waals surface area (Å²) >= 11 is 14.4. The zero-order valence-corrected chi connectivity index (χ0v) is 16.5. The number of hydrazine groups is 1. The summed E-state index contributed by atoms with van der Waals surface area (Å²) in [6.45, 7) is 0.653. The van der Waals surface area contributed by atoms with Crippen LogP contribution in [0.15, 0.2) is 47.5 Å². The van der Waals surface area contributed by atoms with Crippen molar-refractivity contribution in [2.75, 3.05) is 16.8 Å². The fourth-order valence-electron chi connectivity index (χ4n) is 3.37. The van der Waals surface area contributed by atoms with Crippen LogP contribution in [0.5, 0.6) is 0 Å². The van der Waals surface area contributed by atoms with Crippen molar-refractivity contribution in [1.82, 2.24) is 10.9 Å². The molecule has 136 valence electrons. The molecule has 26 heavy (non-hydrogen) atoms. The maximum absolute atomic E-state index is 6.37. The van der Waals surface area contributed by atoms with E-state index in [1.165, 1.54) is 0 Å². The van der Waals surface area contributed by atoms with Crippen molar-refractivity contribution in [2.45, 2.75) is 24.9 Å². The van der Waals surface area contributed by atoms with Crippen LogP contribution in [0.2, 0.25) is 10.0 Å². The van der Waals surface area contributed by atoms with Crippen molar-refractivity contribution in [3.63, 3.8) is 0 Å². The van der Waals surface area contributed by atoms with E-state index in [9.17, 15) is 0 Å². The smallest absolute Gasteiger partial charge is 0.142 e. The lowest BCUT2D eigenvalue weighted by molar-refractivity contribution is 0.521. The normalized spacial score (nSPS) is 18.0. The molecule has 4 rings (SSSR count). The standard InChI is InChI=1S/C19H20Cl2N4S/c20-14-4-1-3-13(11-14)12-22-25-18-19(7-9-26-10-8-19)24-16-6-2-5-15(21)17(16)23-18/h1-6,11,22,24H,7-10,12H2,(H,23,25). The number of nitrogens with one attached hydrogen (secondary N) is 3. The number of aliphatic imine (C=N–C) groups is 1. The number of hydrogen-bond acceptors (Lipinski definition) is 5. The molecule has 0 aromatic heterocycles. The summed E-state index contributed by atoms with van der Waals surface area (Å²) in [7, 11) is 0. The second-order valence-electron chi connectivity index (χ2n) is 6.52. The SMILES string of the molecule is Clc1cccc(CNNC2=Nc3c(Cl)cccc3NC23CCSCC3)c1. The van der Waals surface area contributed by atoms with Gasteiger partial charge in [0.2, 0.25) is 0 Å². The monoisotopic (exact) mass is 406 g/mol. The number of rotatable bonds is 3. The van der Waals surface area contributed by atoms with Crippen LogP contribution in [0.3, 0.4) is 0 Å². The number of thioether (sulfide) groups is 1. The molecule has 4 nitrogen and oxygen atoms in total. The number of nitrogens with zero attached hydrogens (tertiary/aromatic N) is 1. The first kappa shape index (κ1) is 18.0. The molecule has 7 heteroatoms. The van der Waals surface area contributed by atoms with Crippen LogP contribution >= 0.6 is 35.0 Å². The topological polar surface area (TPSA) is 48.5 Å². The van der Waals surface area contributed by atoms with Gasteiger partial charge in [-0.05, 0) is 54.2 Å². The fraction of sp³-hybridized carbons (Fsp3) is 0.316. The Kier molecular flexibility index (Phi) is 5.32. The van der Waals surface area contributed by atoms with Gasteiger partial charge in [0.1, 0.15) is 11.5 Å². The van der Waals surface area contributed by atoms with Gasteiger partial charge in [-0.3, -0.25) is 0 Å². The maximum atomic E-state index is 6.37. The van der Waals surface area contributed by atoms with E-state index in [-0.39, 0.29) is 5.54 Å². The zero-order valence-electron chi connectivity index (χ0n) is 14.2. The van der Waals surface area contributed by atoms with Gasteiger partial charge in [0.15, 0.2) is 0 Å². The van der Waals surface area contributed by atoms with Crippen molar-refractivity contribution in [1.29, 1.82) is 0 Å². The van der Waals surface area contributed by atoms with E-state index < -0.39 is 0 Å². The Balaban J connectivity index is 1.57. The van der Waals surface area contributed by atoms with Crippen molar-refractivity contribution in [2.24, 2.45) is 4.99 Å². The quantitative estimate of drug-likeness (QED) is 0.626. The van der Waals surface area contributed by atoms with Crippen LogP contribution < -0.4 is 16.2 Å². The lowest BCUT2D eigenvalue weighted by Crippen LogP contribution is -2.58. The first-order valence-corrected chi connectivity index (χ1v) is 10.5. The Labute approximate surface area is 167 Å². The van der Waals surface area contributed by atoms with Gasteiger partial charge in [0.05, 0.1) is 16.2 Å². The van der Waals surface area contributed by atoms with E-state index in [0.717, 1.165) is 52.1 Å². The molecule has 2 heterocycles. The van der Waals surface area contributed by atoms with Gasteiger partial charge in [-0.25, -0.2) is 10.4 Å². The lowest BCUT2D eigenvalue weighted by atomic mass is 9.88. The molecule has 0 radical (unpaired) electrons. The summed E-state index contributed by atoms with van der Waals surface area (Å²) < 4.78 is 0. The van der Waals surface area contributed by atoms with Gasteiger partial charge < -0.3 is 10.7 Å². The molecule has 0 saturated carbocycles. The minimum absolute atomic E-state index is 0.176. The molecule has 2 aliphatic heterocycles. The number of benzene rings is 2. The number of anilines is 1. The van der Waals surface area contributed by atoms with Crippen LogP contribution in [0, 0.1) is 0 Å². The summed E-state index contributed by atoms with van der Waals surface area (Å²) in [5.74, 6) is 3.12. The molecule has 0 unspecified atom stereocenters. The first-order chi connectivity index (χ1) is 12.7. The molecular formula is C19H20Cl2N4S. The number of halogens is 2. The number of para-hydroxylation sites is 1. The molecule has 0 aliphatic carbocycles. The predicted molar refractivity (Wildman–Crippen MR) is 113 cm³/mol. The predicted octanol–water partition coefficient (Wildman–Crippen LogP) is 5.01. The average molecular weight is 407 g/mol. The highest BCUT2D eigenvalue weighted by Crippen LogP contribution is 2.42. The third kappa shape index (κ3) is 3.67. The highest BCUT2D eigenvalue weighted by atomic mass is 35.5. The fourth-order valence-corrected chi connectivity index (χ4v) is 4.99. The molecule has 1 saturated heterocycles. The Bertz CT molecular complexity index is 834. The maximum Gasteiger partial charge on any atom is 0.142 e. The van der Waals surface area contributed by atoms with Crippen molar-refractivity contribution >= 4 is 52.2 Å². The molecule has 1 fully saturated rings. The highest BCUT2D eigenvalue weighted by Gasteiger charge is 2.41. The molecule has 0 amide bonds. The minimum Gasteiger partial charge on any atom is -0.371 e. The average Bonchev–Trinajstić information content (AvgIpc) is 2.64. The number of hydrogen-bond donors (Lipinski definition) is 3. The van der Waals surface area contributed by atoms with Crippen LogP contribution in [0.1, 0.15) is 18.4 Å². The Morgan fingerprint density at radius 1 is 1.12 bits per heavy atom. The minimum atomic E-state index is -0.176. The summed E-state index contributed by atoms with van der Waals surface area (Å²) in [4.78, 5) is 4.88. The van der Waals surface area contributed by atoms with E-state index in [4.69, 9.17) is 28.2 Å². The van der Waals surface area contributed by atoms with Gasteiger partial charge in [-0.1, -0.05) is 41.4 Å². The third-order valence-corrected chi connectivity index (χ3v) is 6.30. The summed E-state index contributed by atoms with van der Waals surface area (Å²) in [5.41, 5.74) is 9.37. The van der Waals surface area contributed by atoms with Gasteiger partial charge in [0.25, 0.3) is 0 Å². The van der Waals surface area contributed by atoms with E-state index in [1.807, 2.05) is 54.2 Å². The summed E-state index contributed by atoms with van der Waals surface area (Å²) in [6, 6.07) is 13.7. The van der Waals surface area contributed by atoms with Gasteiger partial charge in [0, 0.05) is 11.6 Å². The van der Waals surface area contributed by atoms with Crippen LogP contribution in [-0.4, -0.2) is 22.9 Å². The molecule has 2 aromatic rings. The van der Waals surface area contributed by atoms with Crippen LogP contribution in [0.25, 0.3) is 0 Å². The van der Waals surface area contributed by atoms with Gasteiger partial charge in [-0.2, -0.15) is 11.8 Å². The molecular weight excluding hydrogens is 387 g/mol. The van der Waals surface area contributed by atoms with Crippen LogP contribution in [-0.2, 0) is 6.54 Å². The van der Waals surface area contributed by atoms with Crippen molar-refractivity contribution in [3.8, 4) is 0 Å². The van der Waals surface area contributed by atoms with Crippen molar-refractivity contribution in [3.05, 3.63) is 58.1 Å². The summed E-state index contributed by atoms with van der Waals surface area (Å²) in [6.07, 6.45) is 2.04. The van der Waals surface area contributed by atoms with Gasteiger partial charge in [-0.15, -0.1) is 0 Å². The second kappa shape index (κ2) is 7.69. The Morgan fingerprint density at radius 2 is 1.92 bits per heavy atom. The first-order valence-electron chi connectivity index (χ1n) is 8.63. The lowest BCUT2D eigenvalue weighted by Gasteiger charge is -2.42.